The second-order valence-corrected chi connectivity index (χ2v) is 6.88. The molecule has 0 unspecified atom stereocenters. The van der Waals surface area contributed by atoms with E-state index in [4.69, 9.17) is 0 Å². The molecule has 24 heavy (non-hydrogen) atoms. The molecule has 0 spiro atoms. The van der Waals surface area contributed by atoms with Gasteiger partial charge in [0.15, 0.2) is 0 Å². The van der Waals surface area contributed by atoms with E-state index in [2.05, 4.69) is 26.6 Å². The summed E-state index contributed by atoms with van der Waals surface area (Å²) in [6.07, 6.45) is 0.963. The lowest BCUT2D eigenvalue weighted by atomic mass is 10.0. The molecule has 0 heterocycles. The Bertz CT molecular complexity index is 818. The summed E-state index contributed by atoms with van der Waals surface area (Å²) in [6, 6.07) is 11.1. The van der Waals surface area contributed by atoms with E-state index >= 15 is 0 Å². The average Bonchev–Trinajstić information content (AvgIpc) is 3.32. The van der Waals surface area contributed by atoms with Crippen LogP contribution in [0.3, 0.4) is 0 Å². The molecule has 2 aromatic carbocycles. The van der Waals surface area contributed by atoms with Crippen molar-refractivity contribution in [1.29, 1.82) is 0 Å². The smallest absolute Gasteiger partial charge is 0.240 e. The van der Waals surface area contributed by atoms with Gasteiger partial charge in [0.05, 0.1) is 0 Å². The summed E-state index contributed by atoms with van der Waals surface area (Å²) in [5.74, 6) is -1.17. The van der Waals surface area contributed by atoms with Crippen LogP contribution in [-0.2, 0) is 9.59 Å². The lowest BCUT2D eigenvalue weighted by molar-refractivity contribution is -0.131. The molecule has 1 aliphatic carbocycles. The summed E-state index contributed by atoms with van der Waals surface area (Å²) < 4.78 is 14.1. The maximum atomic E-state index is 13.2. The second kappa shape index (κ2) is 6.36. The first kappa shape index (κ1) is 16.6. The van der Waals surface area contributed by atoms with Crippen LogP contribution in [0.25, 0.3) is 0 Å². The van der Waals surface area contributed by atoms with Crippen molar-refractivity contribution in [3.8, 4) is 0 Å². The Morgan fingerprint density at radius 3 is 2.42 bits per heavy atom. The Hall–Kier alpha value is -2.21. The zero-order chi connectivity index (χ0) is 17.3. The Kier molecular flexibility index (Phi) is 4.41. The number of rotatable bonds is 4. The molecule has 0 aliphatic heterocycles. The Balaban J connectivity index is 1.73. The Morgan fingerprint density at radius 2 is 1.79 bits per heavy atom. The SMILES string of the molecule is Cc1cc(Br)ccc1NC(=O)C1(C(=O)Nc2cccc(F)c2)CC1. The largest absolute Gasteiger partial charge is 0.325 e. The van der Waals surface area contributed by atoms with Crippen LogP contribution in [0.4, 0.5) is 15.8 Å². The van der Waals surface area contributed by atoms with Gasteiger partial charge in [-0.1, -0.05) is 22.0 Å². The van der Waals surface area contributed by atoms with E-state index in [-0.39, 0.29) is 5.91 Å². The van der Waals surface area contributed by atoms with Gasteiger partial charge >= 0.3 is 0 Å². The van der Waals surface area contributed by atoms with Crippen molar-refractivity contribution >= 4 is 39.1 Å². The number of halogens is 2. The predicted octanol–water partition coefficient (Wildman–Crippen LogP) is 4.25. The zero-order valence-corrected chi connectivity index (χ0v) is 14.6. The zero-order valence-electron chi connectivity index (χ0n) is 13.0. The Labute approximate surface area is 147 Å². The van der Waals surface area contributed by atoms with E-state index in [9.17, 15) is 14.0 Å². The maximum Gasteiger partial charge on any atom is 0.240 e. The molecule has 0 atom stereocenters. The fraction of sp³-hybridized carbons (Fsp3) is 0.222. The molecular weight excluding hydrogens is 375 g/mol. The van der Waals surface area contributed by atoms with Crippen molar-refractivity contribution in [2.24, 2.45) is 5.41 Å². The molecule has 1 aliphatic rings. The summed E-state index contributed by atoms with van der Waals surface area (Å²) in [6.45, 7) is 1.88. The first-order valence-corrected chi connectivity index (χ1v) is 8.35. The van der Waals surface area contributed by atoms with E-state index in [1.165, 1.54) is 18.2 Å². The molecule has 0 bridgehead atoms. The molecule has 2 aromatic rings. The number of hydrogen-bond donors (Lipinski definition) is 2. The van der Waals surface area contributed by atoms with Gasteiger partial charge in [0.1, 0.15) is 11.2 Å². The third-order valence-electron chi connectivity index (χ3n) is 4.14. The molecule has 0 aromatic heterocycles. The summed E-state index contributed by atoms with van der Waals surface area (Å²) in [5, 5.41) is 5.45. The summed E-state index contributed by atoms with van der Waals surface area (Å²) in [5.41, 5.74) is 0.845. The highest BCUT2D eigenvalue weighted by Crippen LogP contribution is 2.47. The number of nitrogens with one attached hydrogen (secondary N) is 2. The number of aryl methyl sites for hydroxylation is 1. The number of hydrogen-bond acceptors (Lipinski definition) is 2. The number of carbonyl (C=O) groups excluding carboxylic acids is 2. The molecular formula is C18H16BrFN2O2. The molecule has 1 saturated carbocycles. The standard InChI is InChI=1S/C18H16BrFN2O2/c1-11-9-12(19)5-6-15(11)22-17(24)18(7-8-18)16(23)21-14-4-2-3-13(20)10-14/h2-6,9-10H,7-8H2,1H3,(H,21,23)(H,22,24). The molecule has 2 N–H and O–H groups in total. The van der Waals surface area contributed by atoms with Gasteiger partial charge in [0.25, 0.3) is 0 Å². The average molecular weight is 391 g/mol. The first-order chi connectivity index (χ1) is 11.4. The van der Waals surface area contributed by atoms with Gasteiger partial charge in [-0.25, -0.2) is 4.39 Å². The molecule has 4 nitrogen and oxygen atoms in total. The predicted molar refractivity (Wildman–Crippen MR) is 94.2 cm³/mol. The number of anilines is 2. The minimum atomic E-state index is -1.08. The third kappa shape index (κ3) is 3.33. The van der Waals surface area contributed by atoms with Gasteiger partial charge in [-0.15, -0.1) is 0 Å². The van der Waals surface area contributed by atoms with Crippen LogP contribution in [0.5, 0.6) is 0 Å². The van der Waals surface area contributed by atoms with E-state index in [0.29, 0.717) is 24.2 Å². The van der Waals surface area contributed by atoms with Crippen molar-refractivity contribution in [3.63, 3.8) is 0 Å². The highest BCUT2D eigenvalue weighted by atomic mass is 79.9. The van der Waals surface area contributed by atoms with Crippen molar-refractivity contribution in [3.05, 3.63) is 58.3 Å². The van der Waals surface area contributed by atoms with Crippen LogP contribution in [0, 0.1) is 18.2 Å². The number of benzene rings is 2. The van der Waals surface area contributed by atoms with Crippen LogP contribution in [0.15, 0.2) is 46.9 Å². The molecule has 0 radical (unpaired) electrons. The number of amides is 2. The van der Waals surface area contributed by atoms with Crippen LogP contribution in [-0.4, -0.2) is 11.8 Å². The maximum absolute atomic E-state index is 13.2. The van der Waals surface area contributed by atoms with Crippen LogP contribution >= 0.6 is 15.9 Å². The molecule has 6 heteroatoms. The van der Waals surface area contributed by atoms with Gasteiger partial charge < -0.3 is 10.6 Å². The van der Waals surface area contributed by atoms with E-state index < -0.39 is 17.1 Å². The van der Waals surface area contributed by atoms with Gasteiger partial charge in [-0.2, -0.15) is 0 Å². The molecule has 1 fully saturated rings. The van der Waals surface area contributed by atoms with Crippen LogP contribution in [0.1, 0.15) is 18.4 Å². The summed E-state index contributed by atoms with van der Waals surface area (Å²) in [4.78, 5) is 25.1. The van der Waals surface area contributed by atoms with Gasteiger partial charge in [0, 0.05) is 15.8 Å². The van der Waals surface area contributed by atoms with Crippen molar-refractivity contribution < 1.29 is 14.0 Å². The van der Waals surface area contributed by atoms with Crippen molar-refractivity contribution in [1.82, 2.24) is 0 Å². The van der Waals surface area contributed by atoms with E-state index in [0.717, 1.165) is 10.0 Å². The lowest BCUT2D eigenvalue weighted by Crippen LogP contribution is -2.35. The molecule has 0 saturated heterocycles. The highest BCUT2D eigenvalue weighted by Gasteiger charge is 2.56. The topological polar surface area (TPSA) is 58.2 Å². The van der Waals surface area contributed by atoms with E-state index in [1.54, 1.807) is 12.1 Å². The van der Waals surface area contributed by atoms with Crippen molar-refractivity contribution in [2.45, 2.75) is 19.8 Å². The van der Waals surface area contributed by atoms with Gasteiger partial charge in [0.2, 0.25) is 11.8 Å². The van der Waals surface area contributed by atoms with Crippen LogP contribution < -0.4 is 10.6 Å². The molecule has 124 valence electrons. The quantitative estimate of drug-likeness (QED) is 0.766. The minimum Gasteiger partial charge on any atom is -0.325 e. The Morgan fingerprint density at radius 1 is 1.08 bits per heavy atom. The number of carbonyl (C=O) groups is 2. The second-order valence-electron chi connectivity index (χ2n) is 5.96. The molecule has 3 rings (SSSR count). The van der Waals surface area contributed by atoms with Crippen molar-refractivity contribution in [2.75, 3.05) is 10.6 Å². The normalized spacial score (nSPS) is 14.8. The molecule has 2 amide bonds. The van der Waals surface area contributed by atoms with Gasteiger partial charge in [-0.05, 0) is 61.7 Å². The summed E-state index contributed by atoms with van der Waals surface area (Å²) in [7, 11) is 0. The highest BCUT2D eigenvalue weighted by molar-refractivity contribution is 9.10. The van der Waals surface area contributed by atoms with Crippen LogP contribution in [0.2, 0.25) is 0 Å². The first-order valence-electron chi connectivity index (χ1n) is 7.55. The summed E-state index contributed by atoms with van der Waals surface area (Å²) >= 11 is 3.37. The monoisotopic (exact) mass is 390 g/mol. The fourth-order valence-electron chi connectivity index (χ4n) is 2.51. The minimum absolute atomic E-state index is 0.332. The van der Waals surface area contributed by atoms with E-state index in [1.807, 2.05) is 19.1 Å². The van der Waals surface area contributed by atoms with Gasteiger partial charge in [-0.3, -0.25) is 9.59 Å². The lowest BCUT2D eigenvalue weighted by Gasteiger charge is -2.16. The third-order valence-corrected chi connectivity index (χ3v) is 4.63. The fourth-order valence-corrected chi connectivity index (χ4v) is 2.98.